The highest BCUT2D eigenvalue weighted by atomic mass is 16.2. The van der Waals surface area contributed by atoms with Crippen molar-refractivity contribution in [2.45, 2.75) is 25.3 Å². The van der Waals surface area contributed by atoms with Gasteiger partial charge in [-0.1, -0.05) is 0 Å². The number of hydrogen-bond acceptors (Lipinski definition) is 4. The van der Waals surface area contributed by atoms with Gasteiger partial charge in [-0.2, -0.15) is 10.2 Å². The third-order valence-electron chi connectivity index (χ3n) is 4.41. The van der Waals surface area contributed by atoms with Crippen LogP contribution in [0.25, 0.3) is 11.3 Å². The quantitative estimate of drug-likeness (QED) is 0.775. The summed E-state index contributed by atoms with van der Waals surface area (Å²) in [5.41, 5.74) is 3.09. The smallest absolute Gasteiger partial charge is 0.272 e. The molecule has 1 fully saturated rings. The van der Waals surface area contributed by atoms with Crippen molar-refractivity contribution in [3.05, 3.63) is 54.2 Å². The number of aromatic nitrogens is 5. The summed E-state index contributed by atoms with van der Waals surface area (Å²) in [7, 11) is 0. The molecule has 0 saturated carbocycles. The second kappa shape index (κ2) is 6.27. The van der Waals surface area contributed by atoms with Gasteiger partial charge in [0.05, 0.1) is 17.4 Å². The summed E-state index contributed by atoms with van der Waals surface area (Å²) in [4.78, 5) is 18.9. The number of nitrogens with zero attached hydrogens (tertiary/aromatic N) is 4. The lowest BCUT2D eigenvalue weighted by Gasteiger charge is -2.34. The third-order valence-corrected chi connectivity index (χ3v) is 4.41. The molecule has 1 saturated heterocycles. The van der Waals surface area contributed by atoms with Crippen LogP contribution >= 0.6 is 0 Å². The molecule has 4 rings (SSSR count). The molecule has 1 amide bonds. The van der Waals surface area contributed by atoms with E-state index in [0.717, 1.165) is 42.8 Å². The van der Waals surface area contributed by atoms with E-state index < -0.39 is 0 Å². The lowest BCUT2D eigenvalue weighted by atomic mass is 9.99. The number of H-pyrrole nitrogens is 2. The van der Waals surface area contributed by atoms with E-state index in [2.05, 4.69) is 25.4 Å². The average molecular weight is 322 g/mol. The molecule has 0 aromatic carbocycles. The molecule has 0 radical (unpaired) electrons. The van der Waals surface area contributed by atoms with E-state index in [1.165, 1.54) is 0 Å². The fraction of sp³-hybridized carbons (Fsp3) is 0.294. The Balaban J connectivity index is 1.59. The minimum absolute atomic E-state index is 0.0306. The maximum absolute atomic E-state index is 13.0. The Hall–Kier alpha value is -2.96. The van der Waals surface area contributed by atoms with Gasteiger partial charge in [0.1, 0.15) is 5.69 Å². The van der Waals surface area contributed by atoms with Crippen LogP contribution in [0.15, 0.2) is 42.9 Å². The number of likely N-dealkylation sites (tertiary alicyclic amines) is 1. The SMILES string of the molecule is O=C(c1cc(-c2cccnc2)n[nH]1)N1CCCC[C@@H]1c1ccn[nH]1. The molecular weight excluding hydrogens is 304 g/mol. The van der Waals surface area contributed by atoms with Crippen molar-refractivity contribution < 1.29 is 4.79 Å². The maximum Gasteiger partial charge on any atom is 0.272 e. The first kappa shape index (κ1) is 14.6. The van der Waals surface area contributed by atoms with E-state index in [0.29, 0.717) is 5.69 Å². The van der Waals surface area contributed by atoms with E-state index in [-0.39, 0.29) is 11.9 Å². The van der Waals surface area contributed by atoms with Crippen molar-refractivity contribution in [2.24, 2.45) is 0 Å². The van der Waals surface area contributed by atoms with Crippen molar-refractivity contribution in [3.8, 4) is 11.3 Å². The predicted molar refractivity (Wildman–Crippen MR) is 88.0 cm³/mol. The maximum atomic E-state index is 13.0. The van der Waals surface area contributed by atoms with E-state index >= 15 is 0 Å². The monoisotopic (exact) mass is 322 g/mol. The molecule has 7 heteroatoms. The summed E-state index contributed by atoms with van der Waals surface area (Å²) < 4.78 is 0. The number of pyridine rings is 1. The predicted octanol–water partition coefficient (Wildman–Crippen LogP) is 2.56. The average Bonchev–Trinajstić information content (AvgIpc) is 3.34. The minimum atomic E-state index is -0.0306. The number of carbonyl (C=O) groups excluding carboxylic acids is 1. The van der Waals surface area contributed by atoms with E-state index in [9.17, 15) is 4.79 Å². The molecule has 3 aromatic rings. The topological polar surface area (TPSA) is 90.6 Å². The van der Waals surface area contributed by atoms with Crippen LogP contribution < -0.4 is 0 Å². The zero-order chi connectivity index (χ0) is 16.4. The van der Waals surface area contributed by atoms with Gasteiger partial charge >= 0.3 is 0 Å². The van der Waals surface area contributed by atoms with Crippen LogP contribution in [0.1, 0.15) is 41.5 Å². The first-order chi connectivity index (χ1) is 11.8. The van der Waals surface area contributed by atoms with Crippen LogP contribution in [0.3, 0.4) is 0 Å². The fourth-order valence-electron chi connectivity index (χ4n) is 3.20. The number of amides is 1. The molecule has 122 valence electrons. The summed E-state index contributed by atoms with van der Waals surface area (Å²) in [6.07, 6.45) is 8.24. The Morgan fingerprint density at radius 1 is 1.21 bits per heavy atom. The Morgan fingerprint density at radius 3 is 2.96 bits per heavy atom. The Kier molecular flexibility index (Phi) is 3.82. The van der Waals surface area contributed by atoms with Gasteiger partial charge in [0.2, 0.25) is 0 Å². The molecular formula is C17H18N6O. The summed E-state index contributed by atoms with van der Waals surface area (Å²) in [6.45, 7) is 0.740. The number of rotatable bonds is 3. The van der Waals surface area contributed by atoms with Crippen LogP contribution in [-0.4, -0.2) is 42.7 Å². The molecule has 0 aliphatic carbocycles. The Labute approximate surface area is 139 Å². The van der Waals surface area contributed by atoms with E-state index in [1.807, 2.05) is 23.1 Å². The molecule has 2 N–H and O–H groups in total. The molecule has 3 aromatic heterocycles. The minimum Gasteiger partial charge on any atom is -0.329 e. The van der Waals surface area contributed by atoms with Crippen LogP contribution in [0, 0.1) is 0 Å². The highest BCUT2D eigenvalue weighted by Crippen LogP contribution is 2.31. The molecule has 24 heavy (non-hydrogen) atoms. The van der Waals surface area contributed by atoms with Crippen LogP contribution in [0.2, 0.25) is 0 Å². The summed E-state index contributed by atoms with van der Waals surface area (Å²) in [5, 5.41) is 14.1. The van der Waals surface area contributed by atoms with Crippen molar-refractivity contribution >= 4 is 5.91 Å². The van der Waals surface area contributed by atoms with Gasteiger partial charge in [0.25, 0.3) is 5.91 Å². The van der Waals surface area contributed by atoms with E-state index in [4.69, 9.17) is 0 Å². The molecule has 1 atom stereocenters. The number of aromatic amines is 2. The molecule has 1 aliphatic heterocycles. The van der Waals surface area contributed by atoms with Gasteiger partial charge in [-0.25, -0.2) is 0 Å². The van der Waals surface area contributed by atoms with Gasteiger partial charge in [-0.05, 0) is 43.5 Å². The van der Waals surface area contributed by atoms with Crippen molar-refractivity contribution in [3.63, 3.8) is 0 Å². The van der Waals surface area contributed by atoms with Gasteiger partial charge in [0.15, 0.2) is 0 Å². The third kappa shape index (κ3) is 2.68. The highest BCUT2D eigenvalue weighted by molar-refractivity contribution is 5.93. The second-order valence-corrected chi connectivity index (χ2v) is 5.93. The number of nitrogens with one attached hydrogen (secondary N) is 2. The van der Waals surface area contributed by atoms with Crippen molar-refractivity contribution in [2.75, 3.05) is 6.54 Å². The first-order valence-electron chi connectivity index (χ1n) is 8.09. The Bertz CT molecular complexity index is 811. The first-order valence-corrected chi connectivity index (χ1v) is 8.09. The Morgan fingerprint density at radius 2 is 2.17 bits per heavy atom. The normalized spacial score (nSPS) is 17.8. The lowest BCUT2D eigenvalue weighted by Crippen LogP contribution is -2.38. The molecule has 1 aliphatic rings. The largest absolute Gasteiger partial charge is 0.329 e. The standard InChI is InChI=1S/C17H18N6O/c24-17(15-10-14(21-22-15)12-4-3-7-18-11-12)23-9-2-1-5-16(23)13-6-8-19-20-13/h3-4,6-8,10-11,16H,1-2,5,9H2,(H,19,20)(H,21,22)/t16-/m1/s1. The number of piperidine rings is 1. The van der Waals surface area contributed by atoms with Crippen LogP contribution in [-0.2, 0) is 0 Å². The highest BCUT2D eigenvalue weighted by Gasteiger charge is 2.30. The number of carbonyl (C=O) groups is 1. The molecule has 0 unspecified atom stereocenters. The molecule has 0 bridgehead atoms. The van der Waals surface area contributed by atoms with Gasteiger partial charge in [0, 0.05) is 30.7 Å². The fourth-order valence-corrected chi connectivity index (χ4v) is 3.20. The van der Waals surface area contributed by atoms with Crippen LogP contribution in [0.5, 0.6) is 0 Å². The van der Waals surface area contributed by atoms with Gasteiger partial charge in [-0.3, -0.25) is 20.0 Å². The molecule has 7 nitrogen and oxygen atoms in total. The molecule has 0 spiro atoms. The summed E-state index contributed by atoms with van der Waals surface area (Å²) >= 11 is 0. The molecule has 4 heterocycles. The van der Waals surface area contributed by atoms with Crippen molar-refractivity contribution in [1.29, 1.82) is 0 Å². The zero-order valence-corrected chi connectivity index (χ0v) is 13.1. The van der Waals surface area contributed by atoms with Gasteiger partial charge in [-0.15, -0.1) is 0 Å². The van der Waals surface area contributed by atoms with Crippen LogP contribution in [0.4, 0.5) is 0 Å². The summed E-state index contributed by atoms with van der Waals surface area (Å²) in [5.74, 6) is -0.0306. The zero-order valence-electron chi connectivity index (χ0n) is 13.1. The number of hydrogen-bond donors (Lipinski definition) is 2. The summed E-state index contributed by atoms with van der Waals surface area (Å²) in [6, 6.07) is 7.54. The second-order valence-electron chi connectivity index (χ2n) is 5.93. The van der Waals surface area contributed by atoms with Gasteiger partial charge < -0.3 is 4.90 Å². The van der Waals surface area contributed by atoms with E-state index in [1.54, 1.807) is 24.7 Å². The lowest BCUT2D eigenvalue weighted by molar-refractivity contribution is 0.0600. The van der Waals surface area contributed by atoms with Crippen molar-refractivity contribution in [1.82, 2.24) is 30.3 Å².